The van der Waals surface area contributed by atoms with Gasteiger partial charge in [0.2, 0.25) is 0 Å². The van der Waals surface area contributed by atoms with E-state index >= 15 is 0 Å². The Morgan fingerprint density at radius 1 is 0.867 bits per heavy atom. The molecule has 3 heterocycles. The van der Waals surface area contributed by atoms with Crippen LogP contribution >= 0.6 is 0 Å². The molecule has 0 unspecified atom stereocenters. The lowest BCUT2D eigenvalue weighted by molar-refractivity contribution is 0.0942. The molecule has 1 N–H and O–H groups in total. The zero-order chi connectivity index (χ0) is 20.6. The molecule has 0 bridgehead atoms. The van der Waals surface area contributed by atoms with Gasteiger partial charge in [0.15, 0.2) is 0 Å². The highest BCUT2D eigenvalue weighted by atomic mass is 16.5. The molecule has 0 saturated carbocycles. The number of piperazine rings is 1. The molecule has 7 heteroatoms. The topological polar surface area (TPSA) is 70.6 Å². The van der Waals surface area contributed by atoms with Crippen LogP contribution in [-0.2, 0) is 0 Å². The number of pyridine rings is 2. The number of aromatic nitrogens is 2. The molecular weight excluding hydrogens is 378 g/mol. The van der Waals surface area contributed by atoms with Crippen LogP contribution in [0.1, 0.15) is 10.5 Å². The summed E-state index contributed by atoms with van der Waals surface area (Å²) in [6.45, 7) is 4.23. The molecule has 0 spiro atoms. The first-order chi connectivity index (χ1) is 14.8. The van der Waals surface area contributed by atoms with Crippen molar-refractivity contribution >= 4 is 17.5 Å². The Bertz CT molecular complexity index is 944. The Hall–Kier alpha value is -3.61. The van der Waals surface area contributed by atoms with Gasteiger partial charge in [-0.25, -0.2) is 9.97 Å². The molecule has 1 aliphatic rings. The lowest BCUT2D eigenvalue weighted by Crippen LogP contribution is -2.47. The van der Waals surface area contributed by atoms with Crippen molar-refractivity contribution < 1.29 is 9.53 Å². The lowest BCUT2D eigenvalue weighted by atomic mass is 10.2. The minimum absolute atomic E-state index is 0.194. The van der Waals surface area contributed by atoms with Crippen LogP contribution in [0.3, 0.4) is 0 Å². The van der Waals surface area contributed by atoms with Gasteiger partial charge in [0.1, 0.15) is 29.7 Å². The first-order valence-corrected chi connectivity index (χ1v) is 10.1. The van der Waals surface area contributed by atoms with Crippen LogP contribution in [0.15, 0.2) is 72.9 Å². The summed E-state index contributed by atoms with van der Waals surface area (Å²) in [5.41, 5.74) is 0.416. The Kier molecular flexibility index (Phi) is 6.39. The van der Waals surface area contributed by atoms with Crippen molar-refractivity contribution in [2.75, 3.05) is 49.1 Å². The third-order valence-corrected chi connectivity index (χ3v) is 4.94. The molecule has 154 valence electrons. The molecule has 7 nitrogen and oxygen atoms in total. The molecule has 0 aliphatic carbocycles. The van der Waals surface area contributed by atoms with E-state index < -0.39 is 0 Å². The summed E-state index contributed by atoms with van der Waals surface area (Å²) in [6, 6.07) is 21.1. The summed E-state index contributed by atoms with van der Waals surface area (Å²) in [6.07, 6.45) is 1.82. The number of amides is 1. The van der Waals surface area contributed by atoms with Gasteiger partial charge in [-0.2, -0.15) is 0 Å². The fraction of sp³-hybridized carbons (Fsp3) is 0.261. The SMILES string of the molecule is O=C(NCCOc1ccccc1)c1cccc(N2CCN(c3ccccn3)CC2)n1. The highest BCUT2D eigenvalue weighted by Gasteiger charge is 2.19. The zero-order valence-electron chi connectivity index (χ0n) is 16.8. The second kappa shape index (κ2) is 9.73. The van der Waals surface area contributed by atoms with Gasteiger partial charge in [-0.15, -0.1) is 0 Å². The molecular formula is C23H25N5O2. The molecule has 4 rings (SSSR count). The number of rotatable bonds is 7. The van der Waals surface area contributed by atoms with Crippen LogP contribution < -0.4 is 19.9 Å². The number of nitrogens with zero attached hydrogens (tertiary/aromatic N) is 4. The molecule has 1 fully saturated rings. The van der Waals surface area contributed by atoms with Gasteiger partial charge in [0, 0.05) is 32.4 Å². The standard InChI is InChI=1S/C23H25N5O2/c29-23(25-13-18-30-19-7-2-1-3-8-19)20-9-6-11-22(26-20)28-16-14-27(15-17-28)21-10-4-5-12-24-21/h1-12H,13-18H2,(H,25,29). The average molecular weight is 403 g/mol. The molecule has 1 saturated heterocycles. The number of benzene rings is 1. The van der Waals surface area contributed by atoms with Gasteiger partial charge in [0.05, 0.1) is 6.54 Å². The second-order valence-corrected chi connectivity index (χ2v) is 6.96. The smallest absolute Gasteiger partial charge is 0.270 e. The zero-order valence-corrected chi connectivity index (χ0v) is 16.8. The first-order valence-electron chi connectivity index (χ1n) is 10.1. The van der Waals surface area contributed by atoms with Gasteiger partial charge < -0.3 is 19.9 Å². The van der Waals surface area contributed by atoms with Gasteiger partial charge in [-0.1, -0.05) is 30.3 Å². The second-order valence-electron chi connectivity index (χ2n) is 6.96. The van der Waals surface area contributed by atoms with Gasteiger partial charge in [-0.05, 0) is 36.4 Å². The maximum absolute atomic E-state index is 12.5. The normalized spacial score (nSPS) is 13.7. The van der Waals surface area contributed by atoms with E-state index in [1.807, 2.05) is 66.9 Å². The van der Waals surface area contributed by atoms with E-state index in [2.05, 4.69) is 25.1 Å². The molecule has 1 amide bonds. The molecule has 30 heavy (non-hydrogen) atoms. The van der Waals surface area contributed by atoms with E-state index in [1.54, 1.807) is 6.07 Å². The molecule has 2 aromatic heterocycles. The minimum Gasteiger partial charge on any atom is -0.492 e. The Morgan fingerprint density at radius 3 is 2.30 bits per heavy atom. The number of hydrogen-bond donors (Lipinski definition) is 1. The molecule has 0 radical (unpaired) electrons. The van der Waals surface area contributed by atoms with Crippen LogP contribution in [0.5, 0.6) is 5.75 Å². The van der Waals surface area contributed by atoms with E-state index in [9.17, 15) is 4.79 Å². The van der Waals surface area contributed by atoms with E-state index in [1.165, 1.54) is 0 Å². The third-order valence-electron chi connectivity index (χ3n) is 4.94. The minimum atomic E-state index is -0.194. The summed E-state index contributed by atoms with van der Waals surface area (Å²) in [4.78, 5) is 25.9. The van der Waals surface area contributed by atoms with E-state index in [0.29, 0.717) is 18.8 Å². The van der Waals surface area contributed by atoms with Gasteiger partial charge in [-0.3, -0.25) is 4.79 Å². The number of anilines is 2. The molecule has 1 aliphatic heterocycles. The summed E-state index contributed by atoms with van der Waals surface area (Å²) in [7, 11) is 0. The third kappa shape index (κ3) is 5.05. The number of ether oxygens (including phenoxy) is 1. The largest absolute Gasteiger partial charge is 0.492 e. The predicted molar refractivity (Wildman–Crippen MR) is 117 cm³/mol. The Labute approximate surface area is 176 Å². The van der Waals surface area contributed by atoms with Gasteiger partial charge in [0.25, 0.3) is 5.91 Å². The van der Waals surface area contributed by atoms with E-state index in [-0.39, 0.29) is 5.91 Å². The number of hydrogen-bond acceptors (Lipinski definition) is 6. The van der Waals surface area contributed by atoms with Crippen molar-refractivity contribution in [1.82, 2.24) is 15.3 Å². The van der Waals surface area contributed by atoms with Crippen molar-refractivity contribution in [3.63, 3.8) is 0 Å². The monoisotopic (exact) mass is 403 g/mol. The fourth-order valence-electron chi connectivity index (χ4n) is 3.37. The Morgan fingerprint density at radius 2 is 1.57 bits per heavy atom. The van der Waals surface area contributed by atoms with Gasteiger partial charge >= 0.3 is 0 Å². The van der Waals surface area contributed by atoms with Crippen LogP contribution in [0.25, 0.3) is 0 Å². The van der Waals surface area contributed by atoms with Crippen LogP contribution in [0.4, 0.5) is 11.6 Å². The molecule has 3 aromatic rings. The van der Waals surface area contributed by atoms with Crippen LogP contribution in [0.2, 0.25) is 0 Å². The molecule has 1 aromatic carbocycles. The number of carbonyl (C=O) groups excluding carboxylic acids is 1. The highest BCUT2D eigenvalue weighted by Crippen LogP contribution is 2.17. The quantitative estimate of drug-likeness (QED) is 0.612. The number of nitrogens with one attached hydrogen (secondary N) is 1. The predicted octanol–water partition coefficient (Wildman–Crippen LogP) is 2.61. The molecule has 0 atom stereocenters. The van der Waals surface area contributed by atoms with Crippen molar-refractivity contribution in [3.8, 4) is 5.75 Å². The average Bonchev–Trinajstić information content (AvgIpc) is 2.83. The van der Waals surface area contributed by atoms with E-state index in [0.717, 1.165) is 43.6 Å². The number of para-hydroxylation sites is 1. The maximum Gasteiger partial charge on any atom is 0.270 e. The summed E-state index contributed by atoms with van der Waals surface area (Å²) < 4.78 is 5.60. The summed E-state index contributed by atoms with van der Waals surface area (Å²) >= 11 is 0. The maximum atomic E-state index is 12.5. The summed E-state index contributed by atoms with van der Waals surface area (Å²) in [5, 5.41) is 2.87. The summed E-state index contributed by atoms with van der Waals surface area (Å²) in [5.74, 6) is 2.41. The van der Waals surface area contributed by atoms with Crippen molar-refractivity contribution in [2.24, 2.45) is 0 Å². The Balaban J connectivity index is 1.28. The first kappa shape index (κ1) is 19.7. The van der Waals surface area contributed by atoms with Crippen molar-refractivity contribution in [3.05, 3.63) is 78.6 Å². The van der Waals surface area contributed by atoms with Crippen molar-refractivity contribution in [2.45, 2.75) is 0 Å². The van der Waals surface area contributed by atoms with Crippen LogP contribution in [0, 0.1) is 0 Å². The van der Waals surface area contributed by atoms with Crippen LogP contribution in [-0.4, -0.2) is 55.2 Å². The highest BCUT2D eigenvalue weighted by molar-refractivity contribution is 5.92. The lowest BCUT2D eigenvalue weighted by Gasteiger charge is -2.36. The number of carbonyl (C=O) groups is 1. The van der Waals surface area contributed by atoms with Crippen molar-refractivity contribution in [1.29, 1.82) is 0 Å². The van der Waals surface area contributed by atoms with E-state index in [4.69, 9.17) is 4.74 Å². The fourth-order valence-corrected chi connectivity index (χ4v) is 3.37.